The zero-order chi connectivity index (χ0) is 56.1. The minimum absolute atomic E-state index is 0.0954. The third-order valence-electron chi connectivity index (χ3n) is 14.7. The topological polar surface area (TPSA) is 175 Å². The number of ether oxygens (including phenoxy) is 3. The molecular weight excluding hydrogens is 967 g/mol. The summed E-state index contributed by atoms with van der Waals surface area (Å²) in [4.78, 5) is 26.6. The number of hydrogen-bond donors (Lipinski definition) is 6. The van der Waals surface area contributed by atoms with Crippen molar-refractivity contribution in [2.24, 2.45) is 0 Å². The Bertz CT molecular complexity index is 1530. The fourth-order valence-electron chi connectivity index (χ4n) is 9.66. The van der Waals surface area contributed by atoms with Crippen molar-refractivity contribution in [3.8, 4) is 0 Å². The lowest BCUT2D eigenvalue weighted by Crippen LogP contribution is -2.61. The molecule has 0 bridgehead atoms. The summed E-state index contributed by atoms with van der Waals surface area (Å²) in [5.74, 6) is -1.22. The van der Waals surface area contributed by atoms with Crippen LogP contribution in [0.25, 0.3) is 0 Å². The van der Waals surface area contributed by atoms with Crippen molar-refractivity contribution >= 4 is 11.9 Å². The first kappa shape index (κ1) is 72.1. The number of aliphatic hydroxyl groups is 5. The lowest BCUT2D eigenvalue weighted by molar-refractivity contribution is -0.305. The molecule has 446 valence electrons. The summed E-state index contributed by atoms with van der Waals surface area (Å²) in [5.41, 5.74) is 0. The van der Waals surface area contributed by atoms with Crippen molar-refractivity contribution in [2.45, 2.75) is 320 Å². The maximum absolute atomic E-state index is 13.4. The Labute approximate surface area is 471 Å². The third-order valence-corrected chi connectivity index (χ3v) is 14.7. The predicted octanol–water partition coefficient (Wildman–Crippen LogP) is 15.2. The molecule has 0 aliphatic carbocycles. The number of carbonyl (C=O) groups is 2. The van der Waals surface area contributed by atoms with Gasteiger partial charge < -0.3 is 45.1 Å². The standard InChI is InChI=1S/C66H117NO10/c1-4-7-10-13-16-19-22-25-27-28-29-30-31-33-35-38-41-44-47-50-53-59(70)65(74)67-57(58(69)52-49-46-43-40-37-34-24-21-18-15-12-9-6-3)56-75-66-64(63(73)62(72)60(55-68)76-66)77-61(71)54-51-48-45-42-39-36-32-26-23-20-17-14-11-8-5-2/h8,11,14,17,20,23,25-27,32,49,52,57-60,62-64,66,68-70,72-73H,4-7,9-10,12-13,15-16,18-19,21-22,24,28-31,33-48,50-51,53-56H2,1-3H3,(H,67,74)/b11-8+,17-14+,23-20+,27-25+,32-26-,52-49+. The highest BCUT2D eigenvalue weighted by molar-refractivity contribution is 5.80. The monoisotopic (exact) mass is 1080 g/mol. The molecule has 0 saturated carbocycles. The van der Waals surface area contributed by atoms with Crippen LogP contribution in [0.5, 0.6) is 0 Å². The molecule has 0 spiro atoms. The highest BCUT2D eigenvalue weighted by atomic mass is 16.7. The van der Waals surface area contributed by atoms with Gasteiger partial charge in [-0.1, -0.05) is 267 Å². The molecule has 0 aromatic carbocycles. The Morgan fingerprint density at radius 1 is 0.519 bits per heavy atom. The fourth-order valence-corrected chi connectivity index (χ4v) is 9.66. The van der Waals surface area contributed by atoms with E-state index in [1.165, 1.54) is 148 Å². The maximum Gasteiger partial charge on any atom is 0.306 e. The van der Waals surface area contributed by atoms with Crippen molar-refractivity contribution in [1.82, 2.24) is 5.32 Å². The van der Waals surface area contributed by atoms with Gasteiger partial charge in [0.15, 0.2) is 12.4 Å². The molecular formula is C66H117NO10. The summed E-state index contributed by atoms with van der Waals surface area (Å²) in [6.07, 6.45) is 57.9. The minimum atomic E-state index is -1.63. The molecule has 6 N–H and O–H groups in total. The summed E-state index contributed by atoms with van der Waals surface area (Å²) >= 11 is 0. The predicted molar refractivity (Wildman–Crippen MR) is 319 cm³/mol. The number of nitrogens with one attached hydrogen (secondary N) is 1. The molecule has 1 aliphatic heterocycles. The lowest BCUT2D eigenvalue weighted by Gasteiger charge is -2.41. The molecule has 0 aromatic rings. The Morgan fingerprint density at radius 3 is 1.44 bits per heavy atom. The summed E-state index contributed by atoms with van der Waals surface area (Å²) in [6.45, 7) is 5.64. The van der Waals surface area contributed by atoms with Gasteiger partial charge in [-0.25, -0.2) is 0 Å². The van der Waals surface area contributed by atoms with Crippen molar-refractivity contribution in [2.75, 3.05) is 13.2 Å². The first-order chi connectivity index (χ1) is 37.7. The second-order valence-electron chi connectivity index (χ2n) is 21.8. The minimum Gasteiger partial charge on any atom is -0.454 e. The second-order valence-corrected chi connectivity index (χ2v) is 21.8. The largest absolute Gasteiger partial charge is 0.454 e. The summed E-state index contributed by atoms with van der Waals surface area (Å²) in [6, 6.07) is -1.03. The number of aliphatic hydroxyl groups excluding tert-OH is 5. The third kappa shape index (κ3) is 41.7. The maximum atomic E-state index is 13.4. The van der Waals surface area contributed by atoms with Gasteiger partial charge in [0.25, 0.3) is 0 Å². The quantitative estimate of drug-likeness (QED) is 0.0149. The van der Waals surface area contributed by atoms with E-state index in [0.29, 0.717) is 12.8 Å². The Balaban J connectivity index is 2.68. The van der Waals surface area contributed by atoms with Gasteiger partial charge in [-0.05, 0) is 70.6 Å². The van der Waals surface area contributed by atoms with Gasteiger partial charge in [0.2, 0.25) is 5.91 Å². The fraction of sp³-hybridized carbons (Fsp3) is 0.788. The average Bonchev–Trinajstić information content (AvgIpc) is 3.43. The van der Waals surface area contributed by atoms with Crippen LogP contribution in [0.2, 0.25) is 0 Å². The normalized spacial score (nSPS) is 19.5. The average molecular weight is 1080 g/mol. The highest BCUT2D eigenvalue weighted by Gasteiger charge is 2.47. The van der Waals surface area contributed by atoms with Crippen LogP contribution in [0.3, 0.4) is 0 Å². The molecule has 1 rings (SSSR count). The van der Waals surface area contributed by atoms with Crippen molar-refractivity contribution in [1.29, 1.82) is 0 Å². The van der Waals surface area contributed by atoms with Gasteiger partial charge in [0.1, 0.15) is 24.4 Å². The number of unbranched alkanes of at least 4 members (excludes halogenated alkanes) is 32. The van der Waals surface area contributed by atoms with Crippen LogP contribution >= 0.6 is 0 Å². The van der Waals surface area contributed by atoms with E-state index >= 15 is 0 Å². The van der Waals surface area contributed by atoms with Crippen LogP contribution in [0.4, 0.5) is 0 Å². The van der Waals surface area contributed by atoms with Crippen LogP contribution in [0.1, 0.15) is 271 Å². The van der Waals surface area contributed by atoms with Crippen LogP contribution in [-0.2, 0) is 23.8 Å². The zero-order valence-corrected chi connectivity index (χ0v) is 49.3. The SMILES string of the molecule is CC/C=C/C=C/C=C/C=C\CCCCCCCC(=O)OC1C(OCC(NC(=O)C(O)CCCCCCCCCCCC/C=C/CCCCCCCC)C(O)/C=C/CCCCCCCCCCCCC)OC(CO)C(O)C1O. The lowest BCUT2D eigenvalue weighted by atomic mass is 9.99. The van der Waals surface area contributed by atoms with E-state index in [-0.39, 0.29) is 19.4 Å². The number of carbonyl (C=O) groups excluding carboxylic acids is 2. The van der Waals surface area contributed by atoms with Gasteiger partial charge in [-0.15, -0.1) is 0 Å². The number of amides is 1. The van der Waals surface area contributed by atoms with Gasteiger partial charge in [-0.2, -0.15) is 0 Å². The molecule has 77 heavy (non-hydrogen) atoms. The number of allylic oxidation sites excluding steroid dienone is 11. The molecule has 0 aromatic heterocycles. The Morgan fingerprint density at radius 2 is 0.948 bits per heavy atom. The molecule has 1 heterocycles. The number of esters is 1. The summed E-state index contributed by atoms with van der Waals surface area (Å²) in [5, 5.41) is 57.0. The molecule has 1 fully saturated rings. The van der Waals surface area contributed by atoms with Gasteiger partial charge in [0.05, 0.1) is 25.4 Å². The molecule has 8 unspecified atom stereocenters. The van der Waals surface area contributed by atoms with E-state index in [1.54, 1.807) is 6.08 Å². The van der Waals surface area contributed by atoms with E-state index < -0.39 is 67.4 Å². The zero-order valence-electron chi connectivity index (χ0n) is 49.3. The summed E-state index contributed by atoms with van der Waals surface area (Å²) < 4.78 is 17.6. The molecule has 1 aliphatic rings. The first-order valence-corrected chi connectivity index (χ1v) is 31.8. The van der Waals surface area contributed by atoms with Crippen LogP contribution in [0.15, 0.2) is 72.9 Å². The molecule has 11 nitrogen and oxygen atoms in total. The van der Waals surface area contributed by atoms with Crippen LogP contribution < -0.4 is 5.32 Å². The van der Waals surface area contributed by atoms with Gasteiger partial charge in [-0.3, -0.25) is 9.59 Å². The van der Waals surface area contributed by atoms with E-state index in [2.05, 4.69) is 56.5 Å². The van der Waals surface area contributed by atoms with E-state index in [1.807, 2.05) is 36.5 Å². The van der Waals surface area contributed by atoms with Crippen molar-refractivity contribution in [3.63, 3.8) is 0 Å². The number of hydrogen-bond acceptors (Lipinski definition) is 10. The van der Waals surface area contributed by atoms with Crippen LogP contribution in [-0.4, -0.2) is 99.6 Å². The van der Waals surface area contributed by atoms with Crippen molar-refractivity contribution < 1.29 is 49.3 Å². The molecule has 1 saturated heterocycles. The van der Waals surface area contributed by atoms with Crippen LogP contribution in [0, 0.1) is 0 Å². The second kappa shape index (κ2) is 53.7. The molecule has 11 heteroatoms. The highest BCUT2D eigenvalue weighted by Crippen LogP contribution is 2.26. The van der Waals surface area contributed by atoms with Crippen molar-refractivity contribution in [3.05, 3.63) is 72.9 Å². The number of rotatable bonds is 53. The van der Waals surface area contributed by atoms with E-state index in [9.17, 15) is 35.1 Å². The Hall–Kier alpha value is -2.90. The molecule has 1 amide bonds. The van der Waals surface area contributed by atoms with Gasteiger partial charge >= 0.3 is 5.97 Å². The van der Waals surface area contributed by atoms with E-state index in [0.717, 1.165) is 77.0 Å². The van der Waals surface area contributed by atoms with E-state index in [4.69, 9.17) is 14.2 Å². The summed E-state index contributed by atoms with van der Waals surface area (Å²) in [7, 11) is 0. The molecule has 0 radical (unpaired) electrons. The molecule has 8 atom stereocenters. The Kier molecular flexibility index (Phi) is 50.3. The van der Waals surface area contributed by atoms with Gasteiger partial charge in [0, 0.05) is 6.42 Å². The smallest absolute Gasteiger partial charge is 0.306 e. The first-order valence-electron chi connectivity index (χ1n) is 31.8.